The van der Waals surface area contributed by atoms with Crippen molar-refractivity contribution in [2.75, 3.05) is 31.1 Å². The van der Waals surface area contributed by atoms with Gasteiger partial charge >= 0.3 is 0 Å². The fraction of sp³-hybridized carbons (Fsp3) is 0.778. The summed E-state index contributed by atoms with van der Waals surface area (Å²) in [5.41, 5.74) is 5.50. The zero-order valence-electron chi connectivity index (χ0n) is 9.27. The molecule has 6 heteroatoms. The normalized spacial score (nSPS) is 11.1. The lowest BCUT2D eigenvalue weighted by Gasteiger charge is -2.16. The van der Waals surface area contributed by atoms with Crippen LogP contribution in [0, 0.1) is 0 Å². The van der Waals surface area contributed by atoms with Gasteiger partial charge < -0.3 is 10.6 Å². The fourth-order valence-electron chi connectivity index (χ4n) is 1.22. The molecule has 0 bridgehead atoms. The molecule has 0 radical (unpaired) electrons. The number of hydrogen-bond acceptors (Lipinski definition) is 6. The van der Waals surface area contributed by atoms with Crippen LogP contribution in [0.15, 0.2) is 0 Å². The highest BCUT2D eigenvalue weighted by Gasteiger charge is 2.02. The van der Waals surface area contributed by atoms with E-state index in [1.165, 1.54) is 11.3 Å². The van der Waals surface area contributed by atoms with E-state index >= 15 is 0 Å². The minimum atomic E-state index is 0.564. The fourth-order valence-corrected chi connectivity index (χ4v) is 2.87. The summed E-state index contributed by atoms with van der Waals surface area (Å²) in [5.74, 6) is 2.07. The molecule has 1 rings (SSSR count). The summed E-state index contributed by atoms with van der Waals surface area (Å²) in [5, 5.41) is 9.36. The molecule has 0 amide bonds. The molecule has 86 valence electrons. The van der Waals surface area contributed by atoms with Crippen molar-refractivity contribution in [2.45, 2.75) is 19.6 Å². The van der Waals surface area contributed by atoms with Crippen LogP contribution in [-0.4, -0.2) is 40.5 Å². The van der Waals surface area contributed by atoms with Crippen LogP contribution >= 0.6 is 23.1 Å². The molecule has 15 heavy (non-hydrogen) atoms. The number of nitrogens with two attached hydrogens (primary N) is 1. The average Bonchev–Trinajstić information content (AvgIpc) is 2.65. The van der Waals surface area contributed by atoms with E-state index in [9.17, 15) is 0 Å². The lowest BCUT2D eigenvalue weighted by molar-refractivity contribution is 0.324. The van der Waals surface area contributed by atoms with E-state index in [4.69, 9.17) is 5.73 Å². The molecule has 0 saturated carbocycles. The van der Waals surface area contributed by atoms with E-state index in [0.717, 1.165) is 36.1 Å². The lowest BCUT2D eigenvalue weighted by Crippen LogP contribution is -2.25. The number of anilines is 1. The molecular weight excluding hydrogens is 228 g/mol. The minimum absolute atomic E-state index is 0.564. The summed E-state index contributed by atoms with van der Waals surface area (Å²) in [6.07, 6.45) is 0. The zero-order chi connectivity index (χ0) is 11.1. The van der Waals surface area contributed by atoms with E-state index < -0.39 is 0 Å². The number of aromatic nitrogens is 2. The van der Waals surface area contributed by atoms with Gasteiger partial charge in [-0.2, -0.15) is 11.8 Å². The Bertz CT molecular complexity index is 273. The van der Waals surface area contributed by atoms with Crippen molar-refractivity contribution in [3.05, 3.63) is 5.01 Å². The van der Waals surface area contributed by atoms with Gasteiger partial charge in [-0.25, -0.2) is 0 Å². The molecule has 0 aliphatic heterocycles. The van der Waals surface area contributed by atoms with Crippen molar-refractivity contribution in [1.82, 2.24) is 15.1 Å². The first-order valence-electron chi connectivity index (χ1n) is 5.14. The first kappa shape index (κ1) is 12.7. The van der Waals surface area contributed by atoms with Crippen molar-refractivity contribution in [1.29, 1.82) is 0 Å². The molecule has 0 unspecified atom stereocenters. The third-order valence-corrected chi connectivity index (χ3v) is 4.04. The minimum Gasteiger partial charge on any atom is -0.374 e. The lowest BCUT2D eigenvalue weighted by atomic mass is 10.5. The van der Waals surface area contributed by atoms with E-state index in [-0.39, 0.29) is 0 Å². The van der Waals surface area contributed by atoms with Crippen molar-refractivity contribution >= 4 is 28.2 Å². The van der Waals surface area contributed by atoms with E-state index in [1.807, 2.05) is 11.8 Å². The van der Waals surface area contributed by atoms with Gasteiger partial charge in [0.2, 0.25) is 5.13 Å². The maximum Gasteiger partial charge on any atom is 0.203 e. The largest absolute Gasteiger partial charge is 0.374 e. The molecule has 1 heterocycles. The van der Waals surface area contributed by atoms with Crippen LogP contribution in [-0.2, 0) is 5.75 Å². The number of thioether (sulfide) groups is 1. The Hall–Kier alpha value is -0.330. The van der Waals surface area contributed by atoms with Gasteiger partial charge in [-0.05, 0) is 13.1 Å². The van der Waals surface area contributed by atoms with Gasteiger partial charge in [0.05, 0.1) is 0 Å². The smallest absolute Gasteiger partial charge is 0.203 e. The number of rotatable bonds is 7. The Kier molecular flexibility index (Phi) is 5.97. The monoisotopic (exact) mass is 246 g/mol. The van der Waals surface area contributed by atoms with Crippen LogP contribution in [0.3, 0.4) is 0 Å². The van der Waals surface area contributed by atoms with E-state index in [1.54, 1.807) is 0 Å². The molecule has 0 aliphatic rings. The van der Waals surface area contributed by atoms with Crippen molar-refractivity contribution in [3.8, 4) is 0 Å². The third kappa shape index (κ3) is 4.81. The van der Waals surface area contributed by atoms with Crippen molar-refractivity contribution in [2.24, 2.45) is 0 Å². The molecular formula is C9H18N4S2. The van der Waals surface area contributed by atoms with Gasteiger partial charge in [0, 0.05) is 18.1 Å². The first-order chi connectivity index (χ1) is 7.26. The van der Waals surface area contributed by atoms with Crippen LogP contribution in [0.1, 0.15) is 18.9 Å². The average molecular weight is 246 g/mol. The zero-order valence-corrected chi connectivity index (χ0v) is 10.9. The number of nitrogen functional groups attached to an aromatic ring is 1. The highest BCUT2D eigenvalue weighted by atomic mass is 32.2. The van der Waals surface area contributed by atoms with Crippen LogP contribution in [0.5, 0.6) is 0 Å². The Balaban J connectivity index is 2.11. The second-order valence-corrected chi connectivity index (χ2v) is 5.31. The van der Waals surface area contributed by atoms with Crippen molar-refractivity contribution < 1.29 is 0 Å². The molecule has 0 aromatic carbocycles. The Labute approximate surface area is 99.3 Å². The predicted octanol–water partition coefficient (Wildman–Crippen LogP) is 1.70. The van der Waals surface area contributed by atoms with Gasteiger partial charge in [0.1, 0.15) is 5.01 Å². The second kappa shape index (κ2) is 7.03. The van der Waals surface area contributed by atoms with E-state index in [2.05, 4.69) is 28.9 Å². The Morgan fingerprint density at radius 3 is 2.60 bits per heavy atom. The molecule has 0 saturated heterocycles. The summed E-state index contributed by atoms with van der Waals surface area (Å²) in [6, 6.07) is 0. The SMILES string of the molecule is CCN(CC)CCSCc1nnc(N)s1. The molecule has 2 N–H and O–H groups in total. The molecule has 1 aromatic rings. The maximum absolute atomic E-state index is 5.50. The molecule has 0 atom stereocenters. The molecule has 0 spiro atoms. The molecule has 1 aromatic heterocycles. The van der Waals surface area contributed by atoms with Crippen LogP contribution in [0.4, 0.5) is 5.13 Å². The van der Waals surface area contributed by atoms with Crippen LogP contribution < -0.4 is 5.73 Å². The standard InChI is InChI=1S/C9H18N4S2/c1-3-13(4-2)5-6-14-7-8-11-12-9(10)15-8/h3-7H2,1-2H3,(H2,10,12). The summed E-state index contributed by atoms with van der Waals surface area (Å²) in [7, 11) is 0. The quantitative estimate of drug-likeness (QED) is 0.742. The third-order valence-electron chi connectivity index (χ3n) is 2.15. The van der Waals surface area contributed by atoms with Crippen molar-refractivity contribution in [3.63, 3.8) is 0 Å². The van der Waals surface area contributed by atoms with Gasteiger partial charge in [-0.1, -0.05) is 25.2 Å². The number of hydrogen-bond donors (Lipinski definition) is 1. The molecule has 4 nitrogen and oxygen atoms in total. The van der Waals surface area contributed by atoms with Gasteiger partial charge in [0.15, 0.2) is 0 Å². The highest BCUT2D eigenvalue weighted by molar-refractivity contribution is 7.98. The molecule has 0 aliphatic carbocycles. The predicted molar refractivity (Wildman–Crippen MR) is 68.3 cm³/mol. The summed E-state index contributed by atoms with van der Waals surface area (Å²) < 4.78 is 0. The summed E-state index contributed by atoms with van der Waals surface area (Å²) in [6.45, 7) is 7.79. The van der Waals surface area contributed by atoms with Gasteiger partial charge in [-0.3, -0.25) is 0 Å². The first-order valence-corrected chi connectivity index (χ1v) is 7.11. The summed E-state index contributed by atoms with van der Waals surface area (Å²) >= 11 is 3.37. The number of nitrogens with zero attached hydrogens (tertiary/aromatic N) is 3. The summed E-state index contributed by atoms with van der Waals surface area (Å²) in [4.78, 5) is 2.42. The van der Waals surface area contributed by atoms with E-state index in [0.29, 0.717) is 5.13 Å². The Morgan fingerprint density at radius 1 is 1.33 bits per heavy atom. The highest BCUT2D eigenvalue weighted by Crippen LogP contribution is 2.17. The van der Waals surface area contributed by atoms with Crippen LogP contribution in [0.25, 0.3) is 0 Å². The second-order valence-electron chi connectivity index (χ2n) is 3.11. The topological polar surface area (TPSA) is 55.0 Å². The van der Waals surface area contributed by atoms with Gasteiger partial charge in [-0.15, -0.1) is 10.2 Å². The van der Waals surface area contributed by atoms with Gasteiger partial charge in [0.25, 0.3) is 0 Å². The van der Waals surface area contributed by atoms with Crippen LogP contribution in [0.2, 0.25) is 0 Å². The maximum atomic E-state index is 5.50. The Morgan fingerprint density at radius 2 is 2.07 bits per heavy atom. The molecule has 0 fully saturated rings.